The number of likely N-dealkylation sites (N-methyl/N-ethyl adjacent to an activating group) is 1. The number of benzene rings is 1. The van der Waals surface area contributed by atoms with Crippen molar-refractivity contribution in [2.75, 3.05) is 26.8 Å². The van der Waals surface area contributed by atoms with Crippen LogP contribution >= 0.6 is 0 Å². The second kappa shape index (κ2) is 10.3. The molecule has 1 aliphatic heterocycles. The van der Waals surface area contributed by atoms with E-state index in [2.05, 4.69) is 16.5 Å². The molecule has 1 fully saturated rings. The standard InChI is InChI=1S/C26H34N4O5/c1-16-11-19(13-29(4)25(16)32)24-27-22-12-18(5-7-21(17(2)31)26(33)34)6-8-23(22)30(24)14-20-15-35-10-9-28(20)3/h6,8,11-13,17,20-21,31H,5,7,9-10,14-15H2,1-4H3,(H,33,34)/t17-,20?,21+/m1/s1. The number of carboxylic acids is 1. The summed E-state index contributed by atoms with van der Waals surface area (Å²) in [6.45, 7) is 6.22. The number of aliphatic hydroxyl groups excluding tert-OH is 1. The summed E-state index contributed by atoms with van der Waals surface area (Å²) in [7, 11) is 3.84. The Morgan fingerprint density at radius 2 is 2.06 bits per heavy atom. The summed E-state index contributed by atoms with van der Waals surface area (Å²) >= 11 is 0. The molecule has 0 spiro atoms. The quantitative estimate of drug-likeness (QED) is 0.506. The van der Waals surface area contributed by atoms with Crippen molar-refractivity contribution in [3.63, 3.8) is 0 Å². The summed E-state index contributed by atoms with van der Waals surface area (Å²) in [6, 6.07) is 8.08. The molecule has 0 amide bonds. The highest BCUT2D eigenvalue weighted by Crippen LogP contribution is 2.28. The van der Waals surface area contributed by atoms with Gasteiger partial charge in [-0.05, 0) is 57.5 Å². The van der Waals surface area contributed by atoms with Crippen LogP contribution in [0.25, 0.3) is 22.4 Å². The minimum atomic E-state index is -0.989. The molecule has 35 heavy (non-hydrogen) atoms. The van der Waals surface area contributed by atoms with Crippen molar-refractivity contribution in [3.8, 4) is 11.4 Å². The molecule has 188 valence electrons. The highest BCUT2D eigenvalue weighted by atomic mass is 16.5. The van der Waals surface area contributed by atoms with Gasteiger partial charge in [-0.25, -0.2) is 4.98 Å². The first-order valence-electron chi connectivity index (χ1n) is 12.0. The number of ether oxygens (including phenoxy) is 1. The van der Waals surface area contributed by atoms with Crippen molar-refractivity contribution in [2.24, 2.45) is 13.0 Å². The van der Waals surface area contributed by atoms with Crippen LogP contribution in [0, 0.1) is 12.8 Å². The van der Waals surface area contributed by atoms with Gasteiger partial charge in [-0.2, -0.15) is 0 Å². The summed E-state index contributed by atoms with van der Waals surface area (Å²) in [5, 5.41) is 19.2. The van der Waals surface area contributed by atoms with Crippen LogP contribution in [0.4, 0.5) is 0 Å². The highest BCUT2D eigenvalue weighted by molar-refractivity contribution is 5.81. The fraction of sp³-hybridized carbons (Fsp3) is 0.500. The molecular formula is C26H34N4O5. The number of pyridine rings is 1. The number of hydrogen-bond acceptors (Lipinski definition) is 6. The van der Waals surface area contributed by atoms with E-state index in [1.54, 1.807) is 18.5 Å². The summed E-state index contributed by atoms with van der Waals surface area (Å²) in [5.41, 5.74) is 4.23. The molecule has 3 atom stereocenters. The molecule has 9 heteroatoms. The van der Waals surface area contributed by atoms with Gasteiger partial charge >= 0.3 is 5.97 Å². The third-order valence-electron chi connectivity index (χ3n) is 6.99. The number of nitrogens with zero attached hydrogens (tertiary/aromatic N) is 4. The lowest BCUT2D eigenvalue weighted by molar-refractivity contribution is -0.145. The zero-order valence-electron chi connectivity index (χ0n) is 20.8. The van der Waals surface area contributed by atoms with E-state index in [1.807, 2.05) is 30.5 Å². The van der Waals surface area contributed by atoms with Crippen molar-refractivity contribution in [1.29, 1.82) is 0 Å². The molecule has 9 nitrogen and oxygen atoms in total. The second-order valence-electron chi connectivity index (χ2n) is 9.63. The molecule has 0 radical (unpaired) electrons. The Labute approximate surface area is 204 Å². The minimum Gasteiger partial charge on any atom is -0.481 e. The molecule has 1 aromatic carbocycles. The van der Waals surface area contributed by atoms with Gasteiger partial charge in [-0.3, -0.25) is 14.5 Å². The van der Waals surface area contributed by atoms with Crippen LogP contribution in [0.3, 0.4) is 0 Å². The monoisotopic (exact) mass is 482 g/mol. The number of carbonyl (C=O) groups is 1. The fourth-order valence-electron chi connectivity index (χ4n) is 4.77. The van der Waals surface area contributed by atoms with Gasteiger partial charge in [0.1, 0.15) is 5.82 Å². The number of rotatable bonds is 8. The average Bonchev–Trinajstić information content (AvgIpc) is 3.16. The zero-order valence-corrected chi connectivity index (χ0v) is 20.8. The first-order chi connectivity index (χ1) is 16.7. The van der Waals surface area contributed by atoms with Gasteiger partial charge in [0.2, 0.25) is 0 Å². The van der Waals surface area contributed by atoms with Crippen LogP contribution in [0.1, 0.15) is 24.5 Å². The SMILES string of the molecule is Cc1cc(-c2nc3cc(CC[C@H](C(=O)O)[C@@H](C)O)ccc3n2CC2COCCN2C)cn(C)c1=O. The maximum atomic E-state index is 12.3. The number of imidazole rings is 1. The maximum Gasteiger partial charge on any atom is 0.309 e. The van der Waals surface area contributed by atoms with Crippen LogP contribution in [-0.2, 0) is 29.5 Å². The minimum absolute atomic E-state index is 0.0368. The molecule has 3 aromatic rings. The van der Waals surface area contributed by atoms with Gasteiger partial charge in [0.25, 0.3) is 5.56 Å². The molecule has 4 rings (SSSR count). The van der Waals surface area contributed by atoms with Crippen LogP contribution in [0.2, 0.25) is 0 Å². The molecule has 2 aromatic heterocycles. The van der Waals surface area contributed by atoms with E-state index in [4.69, 9.17) is 9.72 Å². The van der Waals surface area contributed by atoms with Crippen LogP contribution < -0.4 is 5.56 Å². The predicted octanol–water partition coefficient (Wildman–Crippen LogP) is 2.06. The molecule has 2 N–H and O–H groups in total. The number of aliphatic carboxylic acids is 1. The average molecular weight is 483 g/mol. The summed E-state index contributed by atoms with van der Waals surface area (Å²) in [6.07, 6.45) is 1.77. The van der Waals surface area contributed by atoms with E-state index in [0.717, 1.165) is 41.1 Å². The third-order valence-corrected chi connectivity index (χ3v) is 6.99. The Morgan fingerprint density at radius 1 is 1.29 bits per heavy atom. The van der Waals surface area contributed by atoms with E-state index in [1.165, 1.54) is 6.92 Å². The molecule has 1 unspecified atom stereocenters. The lowest BCUT2D eigenvalue weighted by atomic mass is 9.95. The molecular weight excluding hydrogens is 448 g/mol. The van der Waals surface area contributed by atoms with Gasteiger partial charge in [-0.15, -0.1) is 0 Å². The summed E-state index contributed by atoms with van der Waals surface area (Å²) in [4.78, 5) is 31.0. The normalized spacial score (nSPS) is 18.6. The van der Waals surface area contributed by atoms with E-state index in [0.29, 0.717) is 31.6 Å². The van der Waals surface area contributed by atoms with Crippen molar-refractivity contribution >= 4 is 17.0 Å². The topological polar surface area (TPSA) is 110 Å². The summed E-state index contributed by atoms with van der Waals surface area (Å²) in [5.74, 6) is -1.02. The van der Waals surface area contributed by atoms with Gasteiger partial charge in [0, 0.05) is 37.5 Å². The van der Waals surface area contributed by atoms with Gasteiger partial charge in [0.15, 0.2) is 0 Å². The molecule has 0 saturated carbocycles. The molecule has 0 aliphatic carbocycles. The molecule has 0 bridgehead atoms. The Balaban J connectivity index is 1.74. The predicted molar refractivity (Wildman–Crippen MR) is 134 cm³/mol. The number of hydrogen-bond donors (Lipinski definition) is 2. The van der Waals surface area contributed by atoms with E-state index < -0.39 is 18.0 Å². The largest absolute Gasteiger partial charge is 0.481 e. The number of aliphatic hydroxyl groups is 1. The van der Waals surface area contributed by atoms with Crippen molar-refractivity contribution in [1.82, 2.24) is 19.0 Å². The second-order valence-corrected chi connectivity index (χ2v) is 9.63. The highest BCUT2D eigenvalue weighted by Gasteiger charge is 2.25. The molecule has 1 aliphatic rings. The van der Waals surface area contributed by atoms with Crippen molar-refractivity contribution < 1.29 is 19.7 Å². The van der Waals surface area contributed by atoms with Crippen LogP contribution in [0.15, 0.2) is 35.3 Å². The Morgan fingerprint density at radius 3 is 2.71 bits per heavy atom. The van der Waals surface area contributed by atoms with Crippen LogP contribution in [-0.4, -0.2) is 74.2 Å². The van der Waals surface area contributed by atoms with E-state index >= 15 is 0 Å². The van der Waals surface area contributed by atoms with E-state index in [9.17, 15) is 19.8 Å². The van der Waals surface area contributed by atoms with Gasteiger partial charge < -0.3 is 24.1 Å². The van der Waals surface area contributed by atoms with Gasteiger partial charge in [-0.1, -0.05) is 6.07 Å². The third kappa shape index (κ3) is 5.32. The first-order valence-corrected chi connectivity index (χ1v) is 12.0. The number of fused-ring (bicyclic) bond motifs is 1. The van der Waals surface area contributed by atoms with Crippen LogP contribution in [0.5, 0.6) is 0 Å². The first kappa shape index (κ1) is 25.1. The Kier molecular flexibility index (Phi) is 7.39. The maximum absolute atomic E-state index is 12.3. The Hall–Kier alpha value is -3.01. The summed E-state index contributed by atoms with van der Waals surface area (Å²) < 4.78 is 9.50. The van der Waals surface area contributed by atoms with Crippen molar-refractivity contribution in [2.45, 2.75) is 45.4 Å². The lowest BCUT2D eigenvalue weighted by Crippen LogP contribution is -2.45. The molecule has 1 saturated heterocycles. The molecule has 3 heterocycles. The zero-order chi connectivity index (χ0) is 25.3. The lowest BCUT2D eigenvalue weighted by Gasteiger charge is -2.33. The van der Waals surface area contributed by atoms with Gasteiger partial charge in [0.05, 0.1) is 42.3 Å². The fourth-order valence-corrected chi connectivity index (χ4v) is 4.77. The van der Waals surface area contributed by atoms with Crippen molar-refractivity contribution in [3.05, 3.63) is 51.9 Å². The Bertz CT molecular complexity index is 1250. The number of aryl methyl sites for hydroxylation is 3. The number of carboxylic acid groups (broad SMARTS) is 1. The van der Waals surface area contributed by atoms with E-state index in [-0.39, 0.29) is 11.6 Å². The number of aromatic nitrogens is 3. The smallest absolute Gasteiger partial charge is 0.309 e. The number of morpholine rings is 1.